The Bertz CT molecular complexity index is 700. The van der Waals surface area contributed by atoms with Crippen LogP contribution in [-0.4, -0.2) is 30.6 Å². The number of aryl methyl sites for hydroxylation is 1. The zero-order chi connectivity index (χ0) is 17.5. The van der Waals surface area contributed by atoms with Crippen LogP contribution in [0.1, 0.15) is 28.8 Å². The van der Waals surface area contributed by atoms with E-state index in [1.807, 2.05) is 0 Å². The summed E-state index contributed by atoms with van der Waals surface area (Å²) in [5, 5.41) is 2.42. The summed E-state index contributed by atoms with van der Waals surface area (Å²) in [6.45, 7) is 4.06. The van der Waals surface area contributed by atoms with E-state index >= 15 is 0 Å². The Morgan fingerprint density at radius 1 is 1.33 bits per heavy atom. The third-order valence-corrected chi connectivity index (χ3v) is 4.43. The number of halogens is 3. The van der Waals surface area contributed by atoms with Gasteiger partial charge in [0.25, 0.3) is 5.91 Å². The molecule has 1 aromatic carbocycles. The predicted molar refractivity (Wildman–Crippen MR) is 82.7 cm³/mol. The van der Waals surface area contributed by atoms with Crippen LogP contribution in [-0.2, 0) is 11.2 Å². The average Bonchev–Trinajstić information content (AvgIpc) is 3.32. The molecule has 7 heteroatoms. The Balaban J connectivity index is 1.73. The summed E-state index contributed by atoms with van der Waals surface area (Å²) < 4.78 is 37.6. The number of fused-ring (bicyclic) bond motifs is 1. The first kappa shape index (κ1) is 16.5. The molecule has 2 amide bonds. The Hall–Kier alpha value is -2.31. The van der Waals surface area contributed by atoms with E-state index in [4.69, 9.17) is 0 Å². The fourth-order valence-electron chi connectivity index (χ4n) is 3.05. The smallest absolute Gasteiger partial charge is 0.349 e. The third kappa shape index (κ3) is 3.16. The van der Waals surface area contributed by atoms with E-state index in [9.17, 15) is 22.8 Å². The molecule has 0 spiro atoms. The topological polar surface area (TPSA) is 49.4 Å². The number of nitrogens with one attached hydrogen (secondary N) is 1. The first-order chi connectivity index (χ1) is 11.3. The Kier molecular flexibility index (Phi) is 4.11. The normalized spacial score (nSPS) is 22.5. The van der Waals surface area contributed by atoms with Gasteiger partial charge in [0.2, 0.25) is 5.91 Å². The van der Waals surface area contributed by atoms with E-state index in [1.165, 1.54) is 12.1 Å². The van der Waals surface area contributed by atoms with E-state index in [-0.39, 0.29) is 12.3 Å². The maximum absolute atomic E-state index is 12.5. The van der Waals surface area contributed by atoms with E-state index in [2.05, 4.69) is 11.9 Å². The van der Waals surface area contributed by atoms with Crippen molar-refractivity contribution in [3.05, 3.63) is 42.0 Å². The summed E-state index contributed by atoms with van der Waals surface area (Å²) in [5.74, 6) is -2.17. The second-order valence-electron chi connectivity index (χ2n) is 6.10. The van der Waals surface area contributed by atoms with Gasteiger partial charge < -0.3 is 10.2 Å². The summed E-state index contributed by atoms with van der Waals surface area (Å²) in [6.07, 6.45) is -1.62. The molecular weight excluding hydrogens is 321 g/mol. The minimum Gasteiger partial charge on any atom is -0.349 e. The monoisotopic (exact) mass is 338 g/mol. The van der Waals surface area contributed by atoms with Crippen LogP contribution in [0.2, 0.25) is 0 Å². The van der Waals surface area contributed by atoms with E-state index in [0.717, 1.165) is 17.7 Å². The second-order valence-corrected chi connectivity index (χ2v) is 6.10. The molecule has 1 aromatic rings. The molecule has 2 aliphatic rings. The fourth-order valence-corrected chi connectivity index (χ4v) is 3.05. The number of nitrogens with zero attached hydrogens (tertiary/aromatic N) is 1. The van der Waals surface area contributed by atoms with Crippen molar-refractivity contribution in [2.75, 3.05) is 11.4 Å². The number of anilines is 1. The van der Waals surface area contributed by atoms with Crippen molar-refractivity contribution in [3.63, 3.8) is 0 Å². The number of carbonyl (C=O) groups excluding carboxylic acids is 2. The van der Waals surface area contributed by atoms with Gasteiger partial charge in [-0.25, -0.2) is 0 Å². The SMILES string of the molecule is C=CC(=O)N1CCCc2cc(C(=O)N[C@@H]3C[C@H]3C(F)(F)F)ccc21. The minimum atomic E-state index is -4.26. The summed E-state index contributed by atoms with van der Waals surface area (Å²) >= 11 is 0. The highest BCUT2D eigenvalue weighted by Crippen LogP contribution is 2.44. The number of amides is 2. The molecule has 0 radical (unpaired) electrons. The third-order valence-electron chi connectivity index (χ3n) is 4.43. The van der Waals surface area contributed by atoms with Crippen molar-refractivity contribution in [1.82, 2.24) is 5.32 Å². The summed E-state index contributed by atoms with van der Waals surface area (Å²) in [4.78, 5) is 25.6. The van der Waals surface area contributed by atoms with Crippen LogP contribution < -0.4 is 10.2 Å². The first-order valence-electron chi connectivity index (χ1n) is 7.75. The summed E-state index contributed by atoms with van der Waals surface area (Å²) in [7, 11) is 0. The second kappa shape index (κ2) is 5.96. The van der Waals surface area contributed by atoms with Gasteiger partial charge in [0.15, 0.2) is 0 Å². The molecule has 3 rings (SSSR count). The van der Waals surface area contributed by atoms with Crippen molar-refractivity contribution in [1.29, 1.82) is 0 Å². The van der Waals surface area contributed by atoms with Gasteiger partial charge in [-0.15, -0.1) is 0 Å². The van der Waals surface area contributed by atoms with Crippen molar-refractivity contribution >= 4 is 17.5 Å². The minimum absolute atomic E-state index is 0.0677. The molecule has 1 heterocycles. The number of hydrogen-bond acceptors (Lipinski definition) is 2. The van der Waals surface area contributed by atoms with Gasteiger partial charge in [0.05, 0.1) is 5.92 Å². The molecule has 2 atom stereocenters. The molecule has 1 N–H and O–H groups in total. The van der Waals surface area contributed by atoms with E-state index < -0.39 is 24.0 Å². The number of carbonyl (C=O) groups is 2. The van der Waals surface area contributed by atoms with Gasteiger partial charge in [-0.1, -0.05) is 6.58 Å². The van der Waals surface area contributed by atoms with Crippen molar-refractivity contribution in [2.45, 2.75) is 31.5 Å². The van der Waals surface area contributed by atoms with Gasteiger partial charge in [-0.05, 0) is 49.1 Å². The van der Waals surface area contributed by atoms with E-state index in [1.54, 1.807) is 17.0 Å². The fraction of sp³-hybridized carbons (Fsp3) is 0.412. The van der Waals surface area contributed by atoms with Gasteiger partial charge in [-0.2, -0.15) is 13.2 Å². The van der Waals surface area contributed by atoms with Crippen LogP contribution in [0.4, 0.5) is 18.9 Å². The van der Waals surface area contributed by atoms with Crippen LogP contribution in [0.5, 0.6) is 0 Å². The molecule has 0 unspecified atom stereocenters. The molecule has 1 saturated carbocycles. The molecule has 24 heavy (non-hydrogen) atoms. The molecule has 0 saturated heterocycles. The van der Waals surface area contributed by atoms with Crippen molar-refractivity contribution in [3.8, 4) is 0 Å². The quantitative estimate of drug-likeness (QED) is 0.862. The molecule has 4 nitrogen and oxygen atoms in total. The van der Waals surface area contributed by atoms with Gasteiger partial charge >= 0.3 is 6.18 Å². The highest BCUT2D eigenvalue weighted by molar-refractivity contribution is 6.02. The van der Waals surface area contributed by atoms with Gasteiger partial charge in [-0.3, -0.25) is 9.59 Å². The molecular formula is C17H17F3N2O2. The van der Waals surface area contributed by atoms with Crippen LogP contribution in [0.25, 0.3) is 0 Å². The van der Waals surface area contributed by atoms with Crippen molar-refractivity contribution < 1.29 is 22.8 Å². The van der Waals surface area contributed by atoms with Crippen LogP contribution >= 0.6 is 0 Å². The van der Waals surface area contributed by atoms with E-state index in [0.29, 0.717) is 18.5 Å². The molecule has 1 fully saturated rings. The lowest BCUT2D eigenvalue weighted by atomic mass is 9.98. The summed E-state index contributed by atoms with van der Waals surface area (Å²) in [5.41, 5.74) is 1.88. The largest absolute Gasteiger partial charge is 0.393 e. The lowest BCUT2D eigenvalue weighted by Crippen LogP contribution is -2.34. The molecule has 1 aliphatic heterocycles. The lowest BCUT2D eigenvalue weighted by Gasteiger charge is -2.29. The highest BCUT2D eigenvalue weighted by atomic mass is 19.4. The maximum atomic E-state index is 12.5. The number of benzene rings is 1. The van der Waals surface area contributed by atoms with Crippen LogP contribution in [0, 0.1) is 5.92 Å². The molecule has 128 valence electrons. The molecule has 0 bridgehead atoms. The average molecular weight is 338 g/mol. The van der Waals surface area contributed by atoms with Gasteiger partial charge in [0.1, 0.15) is 0 Å². The maximum Gasteiger partial charge on any atom is 0.393 e. The van der Waals surface area contributed by atoms with Crippen LogP contribution in [0.15, 0.2) is 30.9 Å². The molecule has 1 aliphatic carbocycles. The number of rotatable bonds is 3. The first-order valence-corrected chi connectivity index (χ1v) is 7.75. The van der Waals surface area contributed by atoms with Crippen LogP contribution in [0.3, 0.4) is 0 Å². The summed E-state index contributed by atoms with van der Waals surface area (Å²) in [6, 6.07) is 4.01. The van der Waals surface area contributed by atoms with Gasteiger partial charge in [0, 0.05) is 23.8 Å². The standard InChI is InChI=1S/C17H17F3N2O2/c1-2-15(23)22-7-3-4-10-8-11(5-6-14(10)22)16(24)21-13-9-12(13)17(18,19)20/h2,5-6,8,12-13H,1,3-4,7,9H2,(H,21,24)/t12-,13-/m1/s1. The zero-order valence-electron chi connectivity index (χ0n) is 12.9. The van der Waals surface area contributed by atoms with Crippen molar-refractivity contribution in [2.24, 2.45) is 5.92 Å². The Morgan fingerprint density at radius 3 is 2.71 bits per heavy atom. The number of hydrogen-bond donors (Lipinski definition) is 1. The highest BCUT2D eigenvalue weighted by Gasteiger charge is 2.56. The Labute approximate surface area is 137 Å². The lowest BCUT2D eigenvalue weighted by molar-refractivity contribution is -0.148. The molecule has 0 aromatic heterocycles. The zero-order valence-corrected chi connectivity index (χ0v) is 12.9. The Morgan fingerprint density at radius 2 is 2.08 bits per heavy atom. The number of alkyl halides is 3. The predicted octanol–water partition coefficient (Wildman–Crippen LogP) is 2.83.